The van der Waals surface area contributed by atoms with Gasteiger partial charge >= 0.3 is 0 Å². The Bertz CT molecular complexity index is 540. The predicted molar refractivity (Wildman–Crippen MR) is 68.0 cm³/mol. The van der Waals surface area contributed by atoms with E-state index in [1.54, 1.807) is 6.92 Å². The first kappa shape index (κ1) is 14.5. The lowest BCUT2D eigenvalue weighted by molar-refractivity contribution is 0.0953. The van der Waals surface area contributed by atoms with E-state index in [0.29, 0.717) is 11.1 Å². The highest BCUT2D eigenvalue weighted by Gasteiger charge is 2.09. The fraction of sp³-hybridized carbons (Fsp3) is 0.364. The molecule has 100 valence electrons. The van der Waals surface area contributed by atoms with Crippen molar-refractivity contribution < 1.29 is 18.3 Å². The molecular weight excluding hydrogens is 256 g/mol. The van der Waals surface area contributed by atoms with Crippen molar-refractivity contribution in [2.75, 3.05) is 19.3 Å². The zero-order valence-electron chi connectivity index (χ0n) is 10.2. The maximum Gasteiger partial charge on any atom is 0.251 e. The van der Waals surface area contributed by atoms with Gasteiger partial charge in [0.15, 0.2) is 0 Å². The second kappa shape index (κ2) is 5.83. The summed E-state index contributed by atoms with van der Waals surface area (Å²) in [6.07, 6.45) is 1.05. The van der Waals surface area contributed by atoms with Crippen LogP contribution in [0.1, 0.15) is 15.9 Å². The fourth-order valence-corrected chi connectivity index (χ4v) is 1.88. The van der Waals surface area contributed by atoms with Gasteiger partial charge in [-0.05, 0) is 30.7 Å². The maximum absolute atomic E-state index is 11.7. The summed E-state index contributed by atoms with van der Waals surface area (Å²) in [4.78, 5) is 11.7. The molecule has 1 amide bonds. The van der Waals surface area contributed by atoms with E-state index in [4.69, 9.17) is 0 Å². The second-order valence-corrected chi connectivity index (χ2v) is 5.75. The number of aryl methyl sites for hydroxylation is 1. The number of carbonyl (C=O) groups is 1. The monoisotopic (exact) mass is 272 g/mol. The molecule has 6 nitrogen and oxygen atoms in total. The van der Waals surface area contributed by atoms with Crippen molar-refractivity contribution in [3.05, 3.63) is 29.3 Å². The van der Waals surface area contributed by atoms with Crippen molar-refractivity contribution in [2.24, 2.45) is 0 Å². The molecule has 0 spiro atoms. The minimum Gasteiger partial charge on any atom is -0.508 e. The van der Waals surface area contributed by atoms with Crippen LogP contribution in [0, 0.1) is 6.92 Å². The van der Waals surface area contributed by atoms with E-state index in [1.165, 1.54) is 18.2 Å². The number of phenolic OH excluding ortho intramolecular Hbond substituents is 1. The molecular formula is C11H16N2O4S. The third-order valence-corrected chi connectivity index (χ3v) is 2.96. The van der Waals surface area contributed by atoms with Gasteiger partial charge in [0.2, 0.25) is 10.0 Å². The fourth-order valence-electron chi connectivity index (χ4n) is 1.41. The summed E-state index contributed by atoms with van der Waals surface area (Å²) < 4.78 is 23.8. The van der Waals surface area contributed by atoms with Gasteiger partial charge in [0.05, 0.1) is 6.26 Å². The molecule has 7 heteroatoms. The molecule has 0 aromatic heterocycles. The first-order valence-corrected chi connectivity index (χ1v) is 7.21. The molecule has 0 unspecified atom stereocenters. The molecule has 0 atom stereocenters. The number of aromatic hydroxyl groups is 1. The third kappa shape index (κ3) is 4.72. The summed E-state index contributed by atoms with van der Waals surface area (Å²) in [6.45, 7) is 2.05. The lowest BCUT2D eigenvalue weighted by Crippen LogP contribution is -2.34. The van der Waals surface area contributed by atoms with Gasteiger partial charge in [0, 0.05) is 18.7 Å². The van der Waals surface area contributed by atoms with Gasteiger partial charge in [-0.15, -0.1) is 0 Å². The average Bonchev–Trinajstić information content (AvgIpc) is 2.22. The van der Waals surface area contributed by atoms with Gasteiger partial charge in [-0.25, -0.2) is 13.1 Å². The van der Waals surface area contributed by atoms with E-state index < -0.39 is 10.0 Å². The number of nitrogens with one attached hydrogen (secondary N) is 2. The van der Waals surface area contributed by atoms with Gasteiger partial charge in [-0.1, -0.05) is 0 Å². The SMILES string of the molecule is Cc1cc(O)ccc1C(=O)NCCNS(C)(=O)=O. The number of benzene rings is 1. The number of hydrogen-bond acceptors (Lipinski definition) is 4. The van der Waals surface area contributed by atoms with Crippen molar-refractivity contribution in [3.63, 3.8) is 0 Å². The molecule has 3 N–H and O–H groups in total. The number of rotatable bonds is 5. The first-order chi connectivity index (χ1) is 8.29. The Kier molecular flexibility index (Phi) is 4.69. The summed E-state index contributed by atoms with van der Waals surface area (Å²) in [5, 5.41) is 11.8. The topological polar surface area (TPSA) is 95.5 Å². The Morgan fingerprint density at radius 1 is 1.33 bits per heavy atom. The minimum absolute atomic E-state index is 0.0998. The quantitative estimate of drug-likeness (QED) is 0.656. The first-order valence-electron chi connectivity index (χ1n) is 5.32. The highest BCUT2D eigenvalue weighted by molar-refractivity contribution is 7.88. The zero-order valence-corrected chi connectivity index (χ0v) is 11.0. The summed E-state index contributed by atoms with van der Waals surface area (Å²) >= 11 is 0. The Morgan fingerprint density at radius 2 is 2.00 bits per heavy atom. The summed E-state index contributed by atoms with van der Waals surface area (Å²) in [5.74, 6) is -0.203. The highest BCUT2D eigenvalue weighted by Crippen LogP contribution is 2.15. The largest absolute Gasteiger partial charge is 0.508 e. The molecule has 18 heavy (non-hydrogen) atoms. The van der Waals surface area contributed by atoms with Gasteiger partial charge in [0.1, 0.15) is 5.75 Å². The van der Waals surface area contributed by atoms with Crippen LogP contribution in [0.3, 0.4) is 0 Å². The predicted octanol–water partition coefficient (Wildman–Crippen LogP) is -0.0204. The van der Waals surface area contributed by atoms with Crippen LogP contribution < -0.4 is 10.0 Å². The summed E-state index contributed by atoms with van der Waals surface area (Å²) in [6, 6.07) is 4.43. The van der Waals surface area contributed by atoms with Crippen molar-refractivity contribution in [1.82, 2.24) is 10.0 Å². The van der Waals surface area contributed by atoms with Crippen LogP contribution in [0.15, 0.2) is 18.2 Å². The summed E-state index contributed by atoms with van der Waals surface area (Å²) in [7, 11) is -3.23. The number of carbonyl (C=O) groups excluding carboxylic acids is 1. The Morgan fingerprint density at radius 3 is 2.56 bits per heavy atom. The molecule has 0 fully saturated rings. The maximum atomic E-state index is 11.7. The Labute approximate surface area is 106 Å². The zero-order chi connectivity index (χ0) is 13.8. The normalized spacial score (nSPS) is 11.2. The van der Waals surface area contributed by atoms with E-state index >= 15 is 0 Å². The number of phenols is 1. The molecule has 0 saturated carbocycles. The highest BCUT2D eigenvalue weighted by atomic mass is 32.2. The third-order valence-electron chi connectivity index (χ3n) is 2.23. The molecule has 0 aliphatic heterocycles. The van der Waals surface area contributed by atoms with E-state index in [0.717, 1.165) is 6.26 Å². The Balaban J connectivity index is 2.51. The summed E-state index contributed by atoms with van der Waals surface area (Å²) in [5.41, 5.74) is 1.11. The lowest BCUT2D eigenvalue weighted by atomic mass is 10.1. The minimum atomic E-state index is -3.23. The van der Waals surface area contributed by atoms with E-state index in [1.807, 2.05) is 0 Å². The lowest BCUT2D eigenvalue weighted by Gasteiger charge is -2.08. The van der Waals surface area contributed by atoms with Crippen molar-refractivity contribution >= 4 is 15.9 Å². The van der Waals surface area contributed by atoms with Crippen LogP contribution in [0.5, 0.6) is 5.75 Å². The van der Waals surface area contributed by atoms with Crippen LogP contribution in [-0.4, -0.2) is 38.8 Å². The van der Waals surface area contributed by atoms with Crippen molar-refractivity contribution in [1.29, 1.82) is 0 Å². The van der Waals surface area contributed by atoms with Gasteiger partial charge in [-0.3, -0.25) is 4.79 Å². The Hall–Kier alpha value is -1.60. The smallest absolute Gasteiger partial charge is 0.251 e. The van der Waals surface area contributed by atoms with Crippen LogP contribution in [-0.2, 0) is 10.0 Å². The van der Waals surface area contributed by atoms with E-state index in [-0.39, 0.29) is 24.7 Å². The molecule has 0 bridgehead atoms. The molecule has 0 aliphatic carbocycles. The number of sulfonamides is 1. The average molecular weight is 272 g/mol. The number of hydrogen-bond donors (Lipinski definition) is 3. The van der Waals surface area contributed by atoms with Gasteiger partial charge in [0.25, 0.3) is 5.91 Å². The molecule has 0 radical (unpaired) electrons. The van der Waals surface area contributed by atoms with Crippen molar-refractivity contribution in [3.8, 4) is 5.75 Å². The van der Waals surface area contributed by atoms with E-state index in [2.05, 4.69) is 10.0 Å². The van der Waals surface area contributed by atoms with Gasteiger partial charge in [-0.2, -0.15) is 0 Å². The molecule has 1 aromatic carbocycles. The molecule has 0 saturated heterocycles. The van der Waals surface area contributed by atoms with Crippen LogP contribution in [0.4, 0.5) is 0 Å². The molecule has 0 heterocycles. The number of amides is 1. The van der Waals surface area contributed by atoms with E-state index in [9.17, 15) is 18.3 Å². The molecule has 1 aromatic rings. The van der Waals surface area contributed by atoms with Crippen LogP contribution >= 0.6 is 0 Å². The molecule has 0 aliphatic rings. The van der Waals surface area contributed by atoms with Crippen LogP contribution in [0.25, 0.3) is 0 Å². The van der Waals surface area contributed by atoms with Crippen molar-refractivity contribution in [2.45, 2.75) is 6.92 Å². The molecule has 1 rings (SSSR count). The second-order valence-electron chi connectivity index (χ2n) is 3.92. The van der Waals surface area contributed by atoms with Gasteiger partial charge < -0.3 is 10.4 Å². The standard InChI is InChI=1S/C11H16N2O4S/c1-8-7-9(14)3-4-10(8)11(15)12-5-6-13-18(2,16)17/h3-4,7,13-14H,5-6H2,1-2H3,(H,12,15). The van der Waals surface area contributed by atoms with Crippen LogP contribution in [0.2, 0.25) is 0 Å².